The number of benzene rings is 4. The fraction of sp³-hybridized carbons (Fsp3) is 0.389. The topological polar surface area (TPSA) is 262 Å². The summed E-state index contributed by atoms with van der Waals surface area (Å²) in [7, 11) is 1.40. The number of ketones is 1. The summed E-state index contributed by atoms with van der Waals surface area (Å²) in [6.07, 6.45) is -11.0. The molecule has 1 aliphatic heterocycles. The van der Waals surface area contributed by atoms with E-state index in [1.54, 1.807) is 111 Å². The molecule has 1 amide bonds. The van der Waals surface area contributed by atoms with Gasteiger partial charge in [-0.3, -0.25) is 19.2 Å². The van der Waals surface area contributed by atoms with Crippen LogP contribution in [0.1, 0.15) is 86.7 Å². The number of carbonyl (C=O) groups is 7. The molecule has 3 N–H and O–H groups in total. The zero-order valence-electron chi connectivity index (χ0n) is 41.1. The van der Waals surface area contributed by atoms with Crippen molar-refractivity contribution >= 4 is 68.1 Å². The van der Waals surface area contributed by atoms with Gasteiger partial charge in [-0.15, -0.1) is 0 Å². The molecule has 0 spiro atoms. The van der Waals surface area contributed by atoms with E-state index in [0.717, 1.165) is 24.6 Å². The summed E-state index contributed by atoms with van der Waals surface area (Å²) in [5.74, 6) is -7.16. The van der Waals surface area contributed by atoms with Gasteiger partial charge in [-0.25, -0.2) is 14.4 Å². The van der Waals surface area contributed by atoms with Crippen LogP contribution in [0.2, 0.25) is 0 Å². The van der Waals surface area contributed by atoms with E-state index in [-0.39, 0.29) is 41.0 Å². The number of ether oxygens (including phenoxy) is 6. The molecule has 2 bridgehead atoms. The van der Waals surface area contributed by atoms with Gasteiger partial charge in [0.05, 0.1) is 35.3 Å². The number of nitrogens with zero attached hydrogens (tertiary/aromatic N) is 2. The van der Waals surface area contributed by atoms with Crippen molar-refractivity contribution < 1.29 is 72.2 Å². The standard InChI is InChI=1S/C54H54N3O15S2/c1-29-36(69-49(64)43(70-50(65)74-73-37-25-17-16-24-35(37)57-55)41(32-18-10-7-11-19-32)56-47(62)33-20-12-8-13-21-33)27-54(66)46(71-48(63)34-22-14-9-15-23-34)44-52(6,38(60)26-39-53(44,28-67-39)72-31(3)59)45(61)42(68-30(2)58)40(29)51(54,4)5/h7-25,36,38-39,41-44,46,60,66H,26-28H2,1-6H3,(H,56,62)/q-1/t36-,38-,39+,41-,42+,43+,44-,46-,52+,53-,54+/m0/s1. The lowest BCUT2D eigenvalue weighted by atomic mass is 9.44. The average molecular weight is 1050 g/mol. The molecule has 4 aromatic rings. The number of Topliss-reactive ketones (excluding diaryl/α,β-unsaturated/α-hetero) is 1. The Balaban J connectivity index is 1.29. The van der Waals surface area contributed by atoms with Crippen molar-refractivity contribution in [3.63, 3.8) is 0 Å². The maximum Gasteiger partial charge on any atom is 0.379 e. The van der Waals surface area contributed by atoms with E-state index in [1.165, 1.54) is 32.0 Å². The SMILES string of the molecule is CC(=O)O[C@H]1C(=O)[C@@]2(C)[C@H]([C@H](OC(=O)c3ccccc3)[C@]3(O)C[C@H](OC(=O)[C@H](OC(=O)SSc4ccccc4N=[N-])[C@@H](NC(=O)c4ccccc4)c4ccccc4)C(C)=C1C3(C)C)[C@]1(OC(C)=O)CO[C@@H]1C[C@@H]2O. The molecule has 1 saturated heterocycles. The molecular formula is C54H54N3O15S2-. The van der Waals surface area contributed by atoms with E-state index in [9.17, 15) is 39.7 Å². The lowest BCUT2D eigenvalue weighted by Gasteiger charge is -2.67. The van der Waals surface area contributed by atoms with E-state index in [0.29, 0.717) is 21.3 Å². The van der Waals surface area contributed by atoms with E-state index in [4.69, 9.17) is 28.4 Å². The van der Waals surface area contributed by atoms with E-state index >= 15 is 9.59 Å². The predicted molar refractivity (Wildman–Crippen MR) is 267 cm³/mol. The molecule has 8 rings (SSSR count). The van der Waals surface area contributed by atoms with Gasteiger partial charge in [0, 0.05) is 53.4 Å². The maximum absolute atomic E-state index is 15.8. The summed E-state index contributed by atoms with van der Waals surface area (Å²) < 4.78 is 36.9. The van der Waals surface area contributed by atoms with Crippen molar-refractivity contribution in [2.45, 2.75) is 113 Å². The fourth-order valence-electron chi connectivity index (χ4n) is 11.1. The highest BCUT2D eigenvalue weighted by Crippen LogP contribution is 2.64. The van der Waals surface area contributed by atoms with Crippen LogP contribution in [0, 0.1) is 16.7 Å². The average Bonchev–Trinajstić information content (AvgIpc) is 3.38. The van der Waals surface area contributed by atoms with Gasteiger partial charge < -0.3 is 54.6 Å². The molecule has 4 aliphatic rings. The third-order valence-corrected chi connectivity index (χ3v) is 16.9. The first-order valence-electron chi connectivity index (χ1n) is 23.7. The van der Waals surface area contributed by atoms with Crippen molar-refractivity contribution in [1.29, 1.82) is 0 Å². The highest BCUT2D eigenvalue weighted by atomic mass is 33.1. The van der Waals surface area contributed by atoms with Gasteiger partial charge in [0.15, 0.2) is 17.5 Å². The molecule has 0 radical (unpaired) electrons. The molecule has 3 fully saturated rings. The number of hydrogen-bond donors (Lipinski definition) is 3. The molecule has 4 aromatic carbocycles. The normalized spacial score (nSPS) is 28.4. The number of aliphatic hydroxyl groups is 2. The fourth-order valence-corrected chi connectivity index (χ4v) is 12.7. The summed E-state index contributed by atoms with van der Waals surface area (Å²) in [5, 5.41) is 31.3. The molecule has 1 heterocycles. The van der Waals surface area contributed by atoms with Crippen LogP contribution in [0.25, 0.3) is 5.53 Å². The van der Waals surface area contributed by atoms with Crippen LogP contribution >= 0.6 is 21.6 Å². The molecule has 20 heteroatoms. The van der Waals surface area contributed by atoms with Gasteiger partial charge in [0.25, 0.3) is 5.91 Å². The molecule has 18 nitrogen and oxygen atoms in total. The Kier molecular flexibility index (Phi) is 15.4. The van der Waals surface area contributed by atoms with Gasteiger partial charge in [-0.05, 0) is 77.7 Å². The second-order valence-corrected chi connectivity index (χ2v) is 21.5. The molecule has 74 heavy (non-hydrogen) atoms. The number of carbonyl (C=O) groups excluding carboxylic acids is 7. The van der Waals surface area contributed by atoms with E-state index in [2.05, 4.69) is 10.4 Å². The van der Waals surface area contributed by atoms with Gasteiger partial charge in [0.2, 0.25) is 6.10 Å². The number of fused-ring (bicyclic) bond motifs is 5. The van der Waals surface area contributed by atoms with Crippen LogP contribution in [-0.4, -0.2) is 106 Å². The van der Waals surface area contributed by atoms with Crippen molar-refractivity contribution in [3.05, 3.63) is 149 Å². The van der Waals surface area contributed by atoms with Crippen LogP contribution < -0.4 is 5.32 Å². The highest BCUT2D eigenvalue weighted by molar-refractivity contribution is 8.82. The summed E-state index contributed by atoms with van der Waals surface area (Å²) >= 11 is 0. The first-order chi connectivity index (χ1) is 35.2. The quantitative estimate of drug-likeness (QED) is 0.0355. The Morgan fingerprint density at radius 1 is 0.824 bits per heavy atom. The first kappa shape index (κ1) is 53.6. The molecule has 388 valence electrons. The number of esters is 4. The summed E-state index contributed by atoms with van der Waals surface area (Å²) in [6.45, 7) is 7.81. The van der Waals surface area contributed by atoms with Crippen LogP contribution in [0.15, 0.2) is 136 Å². The number of rotatable bonds is 14. The minimum atomic E-state index is -2.49. The van der Waals surface area contributed by atoms with Crippen LogP contribution in [-0.2, 0) is 47.6 Å². The van der Waals surface area contributed by atoms with Crippen molar-refractivity contribution in [2.75, 3.05) is 6.61 Å². The lowest BCUT2D eigenvalue weighted by Crippen LogP contribution is -2.82. The van der Waals surface area contributed by atoms with Gasteiger partial charge >= 0.3 is 29.2 Å². The highest BCUT2D eigenvalue weighted by Gasteiger charge is 2.78. The number of amides is 1. The Labute approximate surface area is 434 Å². The Morgan fingerprint density at radius 2 is 1.43 bits per heavy atom. The second kappa shape index (κ2) is 21.3. The third-order valence-electron chi connectivity index (χ3n) is 14.9. The lowest BCUT2D eigenvalue weighted by molar-refractivity contribution is -0.346. The van der Waals surface area contributed by atoms with E-state index < -0.39 is 118 Å². The van der Waals surface area contributed by atoms with Crippen LogP contribution in [0.3, 0.4) is 0 Å². The Bertz CT molecular complexity index is 2890. The largest absolute Gasteiger partial charge is 0.706 e. The third kappa shape index (κ3) is 9.76. The zero-order chi connectivity index (χ0) is 53.3. The molecule has 2 saturated carbocycles. The number of aliphatic hydroxyl groups excluding tert-OH is 1. The van der Waals surface area contributed by atoms with Crippen molar-refractivity contribution in [1.82, 2.24) is 5.32 Å². The molecule has 11 atom stereocenters. The molecule has 3 aliphatic carbocycles. The minimum absolute atomic E-state index is 0.0336. The molecule has 0 unspecified atom stereocenters. The number of nitrogens with one attached hydrogen (secondary N) is 1. The summed E-state index contributed by atoms with van der Waals surface area (Å²) in [5.41, 5.74) is 2.13. The Hall–Kier alpha value is -6.71. The van der Waals surface area contributed by atoms with Gasteiger partial charge in [0.1, 0.15) is 30.0 Å². The number of hydrogen-bond acceptors (Lipinski definition) is 18. The maximum atomic E-state index is 15.8. The monoisotopic (exact) mass is 1050 g/mol. The van der Waals surface area contributed by atoms with Crippen molar-refractivity contribution in [3.8, 4) is 0 Å². The first-order valence-corrected chi connectivity index (χ1v) is 25.8. The second-order valence-electron chi connectivity index (χ2n) is 19.4. The zero-order valence-corrected chi connectivity index (χ0v) is 42.8. The molecule has 0 aromatic heterocycles. The smallest absolute Gasteiger partial charge is 0.379 e. The van der Waals surface area contributed by atoms with Crippen LogP contribution in [0.5, 0.6) is 0 Å². The molecular weight excluding hydrogens is 995 g/mol. The summed E-state index contributed by atoms with van der Waals surface area (Å²) in [6, 6.07) is 28.9. The predicted octanol–water partition coefficient (Wildman–Crippen LogP) is 7.97. The van der Waals surface area contributed by atoms with E-state index in [1.807, 2.05) is 0 Å². The summed E-state index contributed by atoms with van der Waals surface area (Å²) in [4.78, 5) is 100. The van der Waals surface area contributed by atoms with Gasteiger partial charge in [-0.2, -0.15) is 0 Å². The van der Waals surface area contributed by atoms with Crippen LogP contribution in [0.4, 0.5) is 10.5 Å². The minimum Gasteiger partial charge on any atom is -0.706 e. The van der Waals surface area contributed by atoms with Crippen molar-refractivity contribution in [2.24, 2.45) is 21.9 Å². The Morgan fingerprint density at radius 3 is 2.03 bits per heavy atom. The van der Waals surface area contributed by atoms with Gasteiger partial charge in [-0.1, -0.05) is 92.7 Å².